The first-order valence-corrected chi connectivity index (χ1v) is 6.91. The lowest BCUT2D eigenvalue weighted by molar-refractivity contribution is -0.117. The SMILES string of the molecule is O=C(Cc1cccc(Cl)c1)Cc1cc(F)cc(Br)c1. The van der Waals surface area contributed by atoms with Crippen LogP contribution in [0.5, 0.6) is 0 Å². The Morgan fingerprint density at radius 2 is 1.84 bits per heavy atom. The number of rotatable bonds is 4. The van der Waals surface area contributed by atoms with Crippen molar-refractivity contribution in [2.24, 2.45) is 0 Å². The molecule has 0 bridgehead atoms. The van der Waals surface area contributed by atoms with Gasteiger partial charge >= 0.3 is 0 Å². The second-order valence-corrected chi connectivity index (χ2v) is 5.65. The lowest BCUT2D eigenvalue weighted by Crippen LogP contribution is -2.06. The molecule has 0 radical (unpaired) electrons. The number of Topliss-reactive ketones (excluding diaryl/α,β-unsaturated/α-hetero) is 1. The molecule has 0 aliphatic rings. The summed E-state index contributed by atoms with van der Waals surface area (Å²) in [4.78, 5) is 11.9. The van der Waals surface area contributed by atoms with E-state index in [0.717, 1.165) is 5.56 Å². The Labute approximate surface area is 124 Å². The van der Waals surface area contributed by atoms with Crippen LogP contribution in [0.4, 0.5) is 4.39 Å². The molecular formula is C15H11BrClFO. The van der Waals surface area contributed by atoms with Crippen LogP contribution in [0.3, 0.4) is 0 Å². The summed E-state index contributed by atoms with van der Waals surface area (Å²) in [5.41, 5.74) is 1.53. The van der Waals surface area contributed by atoms with Crippen molar-refractivity contribution in [2.45, 2.75) is 12.8 Å². The summed E-state index contributed by atoms with van der Waals surface area (Å²) in [6.07, 6.45) is 0.511. The third kappa shape index (κ3) is 4.44. The Bertz CT molecular complexity index is 593. The number of benzene rings is 2. The van der Waals surface area contributed by atoms with Crippen molar-refractivity contribution in [3.8, 4) is 0 Å². The fourth-order valence-electron chi connectivity index (χ4n) is 1.88. The molecule has 0 saturated carbocycles. The molecule has 98 valence electrons. The van der Waals surface area contributed by atoms with Crippen LogP contribution >= 0.6 is 27.5 Å². The maximum absolute atomic E-state index is 13.2. The van der Waals surface area contributed by atoms with Gasteiger partial charge in [0.2, 0.25) is 0 Å². The van der Waals surface area contributed by atoms with Crippen LogP contribution in [0.15, 0.2) is 46.9 Å². The highest BCUT2D eigenvalue weighted by molar-refractivity contribution is 9.10. The molecule has 4 heteroatoms. The molecule has 0 atom stereocenters. The Kier molecular flexibility index (Phi) is 4.72. The van der Waals surface area contributed by atoms with E-state index >= 15 is 0 Å². The minimum absolute atomic E-state index is 0.0276. The normalized spacial score (nSPS) is 10.5. The van der Waals surface area contributed by atoms with Crippen molar-refractivity contribution < 1.29 is 9.18 Å². The zero-order valence-corrected chi connectivity index (χ0v) is 12.3. The smallest absolute Gasteiger partial charge is 0.141 e. The Balaban J connectivity index is 2.05. The summed E-state index contributed by atoms with van der Waals surface area (Å²) < 4.78 is 13.8. The molecule has 2 aromatic rings. The van der Waals surface area contributed by atoms with Crippen LogP contribution in [0.1, 0.15) is 11.1 Å². The van der Waals surface area contributed by atoms with E-state index in [1.165, 1.54) is 12.1 Å². The second kappa shape index (κ2) is 6.31. The largest absolute Gasteiger partial charge is 0.299 e. The fourth-order valence-corrected chi connectivity index (χ4v) is 2.60. The summed E-state index contributed by atoms with van der Waals surface area (Å²) >= 11 is 9.07. The van der Waals surface area contributed by atoms with Gasteiger partial charge in [-0.25, -0.2) is 4.39 Å². The van der Waals surface area contributed by atoms with E-state index in [0.29, 0.717) is 21.5 Å². The average Bonchev–Trinajstić information content (AvgIpc) is 2.26. The number of carbonyl (C=O) groups is 1. The molecule has 0 saturated heterocycles. The molecule has 0 heterocycles. The van der Waals surface area contributed by atoms with E-state index in [9.17, 15) is 9.18 Å². The Hall–Kier alpha value is -1.19. The van der Waals surface area contributed by atoms with Crippen LogP contribution in [0, 0.1) is 5.82 Å². The van der Waals surface area contributed by atoms with Gasteiger partial charge in [0.25, 0.3) is 0 Å². The number of ketones is 1. The molecule has 0 amide bonds. The molecular weight excluding hydrogens is 331 g/mol. The average molecular weight is 342 g/mol. The summed E-state index contributed by atoms with van der Waals surface area (Å²) in [6, 6.07) is 11.7. The van der Waals surface area contributed by atoms with Crippen molar-refractivity contribution in [2.75, 3.05) is 0 Å². The summed E-state index contributed by atoms with van der Waals surface area (Å²) in [5.74, 6) is -0.320. The van der Waals surface area contributed by atoms with Gasteiger partial charge in [0.1, 0.15) is 11.6 Å². The summed E-state index contributed by atoms with van der Waals surface area (Å²) in [7, 11) is 0. The minimum Gasteiger partial charge on any atom is -0.299 e. The van der Waals surface area contributed by atoms with Gasteiger partial charge in [-0.1, -0.05) is 39.7 Å². The topological polar surface area (TPSA) is 17.1 Å². The van der Waals surface area contributed by atoms with Gasteiger partial charge in [0, 0.05) is 22.3 Å². The molecule has 0 unspecified atom stereocenters. The van der Waals surface area contributed by atoms with Crippen molar-refractivity contribution in [3.63, 3.8) is 0 Å². The first-order chi connectivity index (χ1) is 9.02. The summed E-state index contributed by atoms with van der Waals surface area (Å²) in [6.45, 7) is 0. The van der Waals surface area contributed by atoms with Crippen LogP contribution in [0.2, 0.25) is 5.02 Å². The second-order valence-electron chi connectivity index (χ2n) is 4.30. The third-order valence-corrected chi connectivity index (χ3v) is 3.31. The van der Waals surface area contributed by atoms with Crippen molar-refractivity contribution in [1.82, 2.24) is 0 Å². The van der Waals surface area contributed by atoms with Gasteiger partial charge in [-0.15, -0.1) is 0 Å². The first-order valence-electron chi connectivity index (χ1n) is 5.74. The monoisotopic (exact) mass is 340 g/mol. The number of halogens is 3. The van der Waals surface area contributed by atoms with Crippen molar-refractivity contribution in [3.05, 3.63) is 68.9 Å². The third-order valence-electron chi connectivity index (χ3n) is 2.61. The zero-order chi connectivity index (χ0) is 13.8. The first kappa shape index (κ1) is 14.2. The van der Waals surface area contributed by atoms with Gasteiger partial charge in [-0.2, -0.15) is 0 Å². The number of hydrogen-bond donors (Lipinski definition) is 0. The molecule has 19 heavy (non-hydrogen) atoms. The Morgan fingerprint density at radius 1 is 1.11 bits per heavy atom. The highest BCUT2D eigenvalue weighted by atomic mass is 79.9. The van der Waals surface area contributed by atoms with Gasteiger partial charge in [0.15, 0.2) is 0 Å². The lowest BCUT2D eigenvalue weighted by atomic mass is 10.0. The molecule has 0 N–H and O–H groups in total. The predicted molar refractivity (Wildman–Crippen MR) is 78.0 cm³/mol. The van der Waals surface area contributed by atoms with Gasteiger partial charge in [-0.3, -0.25) is 4.79 Å². The van der Waals surface area contributed by atoms with Crippen LogP contribution in [-0.2, 0) is 17.6 Å². The standard InChI is InChI=1S/C15H11BrClFO/c16-12-4-11(6-14(18)9-12)8-15(19)7-10-2-1-3-13(17)5-10/h1-6,9H,7-8H2. The maximum Gasteiger partial charge on any atom is 0.141 e. The quantitative estimate of drug-likeness (QED) is 0.794. The maximum atomic E-state index is 13.2. The number of carbonyl (C=O) groups excluding carboxylic acids is 1. The van der Waals surface area contributed by atoms with Gasteiger partial charge < -0.3 is 0 Å². The summed E-state index contributed by atoms with van der Waals surface area (Å²) in [5, 5.41) is 0.610. The van der Waals surface area contributed by atoms with Crippen LogP contribution < -0.4 is 0 Å². The molecule has 0 aliphatic heterocycles. The molecule has 0 aromatic heterocycles. The molecule has 0 aliphatic carbocycles. The molecule has 1 nitrogen and oxygen atoms in total. The van der Waals surface area contributed by atoms with Gasteiger partial charge in [0.05, 0.1) is 0 Å². The van der Waals surface area contributed by atoms with Crippen LogP contribution in [-0.4, -0.2) is 5.78 Å². The molecule has 0 spiro atoms. The van der Waals surface area contributed by atoms with E-state index in [1.807, 2.05) is 12.1 Å². The Morgan fingerprint density at radius 3 is 2.53 bits per heavy atom. The van der Waals surface area contributed by atoms with Crippen molar-refractivity contribution in [1.29, 1.82) is 0 Å². The van der Waals surface area contributed by atoms with Gasteiger partial charge in [-0.05, 0) is 41.5 Å². The minimum atomic E-state index is -0.347. The molecule has 2 rings (SSSR count). The number of hydrogen-bond acceptors (Lipinski definition) is 1. The zero-order valence-electron chi connectivity index (χ0n) is 10.00. The fraction of sp³-hybridized carbons (Fsp3) is 0.133. The predicted octanol–water partition coefficient (Wildman–Crippen LogP) is 4.60. The molecule has 2 aromatic carbocycles. The molecule has 0 fully saturated rings. The highest BCUT2D eigenvalue weighted by Crippen LogP contribution is 2.17. The van der Waals surface area contributed by atoms with Crippen molar-refractivity contribution >= 4 is 33.3 Å². The highest BCUT2D eigenvalue weighted by Gasteiger charge is 2.07. The lowest BCUT2D eigenvalue weighted by Gasteiger charge is -2.04. The van der Waals surface area contributed by atoms with E-state index in [-0.39, 0.29) is 18.0 Å². The van der Waals surface area contributed by atoms with E-state index in [4.69, 9.17) is 11.6 Å². The van der Waals surface area contributed by atoms with Crippen LogP contribution in [0.25, 0.3) is 0 Å². The van der Waals surface area contributed by atoms with E-state index < -0.39 is 0 Å². The van der Waals surface area contributed by atoms with E-state index in [2.05, 4.69) is 15.9 Å². The van der Waals surface area contributed by atoms with E-state index in [1.54, 1.807) is 18.2 Å².